The molecule has 3 aromatic carbocycles. The van der Waals surface area contributed by atoms with Crippen LogP contribution in [-0.4, -0.2) is 6.21 Å². The van der Waals surface area contributed by atoms with E-state index in [1.807, 2.05) is 55.5 Å². The number of para-hydroxylation sites is 1. The molecule has 0 aliphatic heterocycles. The van der Waals surface area contributed by atoms with Gasteiger partial charge in [-0.2, -0.15) is 0 Å². The molecule has 0 N–H and O–H groups in total. The highest BCUT2D eigenvalue weighted by atomic mass is 35.5. The molecule has 3 aromatic rings. The van der Waals surface area contributed by atoms with Crippen molar-refractivity contribution in [3.05, 3.63) is 94.3 Å². The third kappa shape index (κ3) is 4.68. The van der Waals surface area contributed by atoms with Crippen LogP contribution in [0.5, 0.6) is 5.75 Å². The Labute approximate surface area is 151 Å². The van der Waals surface area contributed by atoms with Gasteiger partial charge in [0.05, 0.1) is 5.69 Å². The zero-order valence-corrected chi connectivity index (χ0v) is 14.5. The van der Waals surface area contributed by atoms with E-state index in [0.29, 0.717) is 17.4 Å². The molecule has 3 rings (SSSR count). The Morgan fingerprint density at radius 3 is 2.68 bits per heavy atom. The maximum atomic E-state index is 13.3. The Morgan fingerprint density at radius 2 is 1.88 bits per heavy atom. The number of hydrogen-bond donors (Lipinski definition) is 0. The van der Waals surface area contributed by atoms with E-state index in [1.54, 1.807) is 12.3 Å². The van der Waals surface area contributed by atoms with Crippen molar-refractivity contribution in [2.45, 2.75) is 13.5 Å². The molecule has 0 fully saturated rings. The molecule has 25 heavy (non-hydrogen) atoms. The van der Waals surface area contributed by atoms with Crippen LogP contribution in [0.4, 0.5) is 10.1 Å². The van der Waals surface area contributed by atoms with Gasteiger partial charge in [0, 0.05) is 16.8 Å². The number of aliphatic imine (C=N–C) groups is 1. The first-order valence-electron chi connectivity index (χ1n) is 7.88. The standard InChI is InChI=1S/C21H17ClFNO/c1-15-9-10-19(12-20(15)22)24-13-17-6-2-3-8-21(17)25-14-16-5-4-7-18(23)11-16/h2-13H,14H2,1H3. The first-order chi connectivity index (χ1) is 12.1. The topological polar surface area (TPSA) is 21.6 Å². The zero-order valence-electron chi connectivity index (χ0n) is 13.7. The van der Waals surface area contributed by atoms with Crippen molar-refractivity contribution in [3.8, 4) is 5.75 Å². The molecule has 0 heterocycles. The monoisotopic (exact) mass is 353 g/mol. The van der Waals surface area contributed by atoms with Gasteiger partial charge in [-0.05, 0) is 54.4 Å². The molecular formula is C21H17ClFNO. The summed E-state index contributed by atoms with van der Waals surface area (Å²) in [6, 6.07) is 19.6. The summed E-state index contributed by atoms with van der Waals surface area (Å²) in [5, 5.41) is 0.685. The van der Waals surface area contributed by atoms with Crippen LogP contribution in [0, 0.1) is 12.7 Å². The molecule has 0 saturated carbocycles. The van der Waals surface area contributed by atoms with Gasteiger partial charge < -0.3 is 4.74 Å². The second-order valence-corrected chi connectivity index (χ2v) is 6.06. The summed E-state index contributed by atoms with van der Waals surface area (Å²) in [6.07, 6.45) is 1.74. The minimum atomic E-state index is -0.271. The van der Waals surface area contributed by atoms with Gasteiger partial charge in [0.15, 0.2) is 0 Å². The Morgan fingerprint density at radius 1 is 1.04 bits per heavy atom. The second-order valence-electron chi connectivity index (χ2n) is 5.65. The summed E-state index contributed by atoms with van der Waals surface area (Å²) in [4.78, 5) is 4.46. The number of aryl methyl sites for hydroxylation is 1. The summed E-state index contributed by atoms with van der Waals surface area (Å²) in [7, 11) is 0. The summed E-state index contributed by atoms with van der Waals surface area (Å²) in [5.74, 6) is 0.418. The van der Waals surface area contributed by atoms with Crippen LogP contribution in [0.2, 0.25) is 5.02 Å². The highest BCUT2D eigenvalue weighted by Gasteiger charge is 2.03. The van der Waals surface area contributed by atoms with Gasteiger partial charge in [-0.25, -0.2) is 4.39 Å². The van der Waals surface area contributed by atoms with Crippen LogP contribution in [0.1, 0.15) is 16.7 Å². The highest BCUT2D eigenvalue weighted by molar-refractivity contribution is 6.31. The van der Waals surface area contributed by atoms with E-state index in [9.17, 15) is 4.39 Å². The fourth-order valence-electron chi connectivity index (χ4n) is 2.31. The quantitative estimate of drug-likeness (QED) is 0.506. The van der Waals surface area contributed by atoms with E-state index in [1.165, 1.54) is 12.1 Å². The maximum Gasteiger partial charge on any atom is 0.128 e. The fraction of sp³-hybridized carbons (Fsp3) is 0.0952. The number of halogens is 2. The van der Waals surface area contributed by atoms with Gasteiger partial charge in [0.25, 0.3) is 0 Å². The van der Waals surface area contributed by atoms with Crippen LogP contribution in [0.15, 0.2) is 71.7 Å². The lowest BCUT2D eigenvalue weighted by Crippen LogP contribution is -1.98. The third-order valence-corrected chi connectivity index (χ3v) is 4.12. The van der Waals surface area contributed by atoms with Gasteiger partial charge in [-0.3, -0.25) is 4.99 Å². The molecule has 4 heteroatoms. The van der Waals surface area contributed by atoms with Crippen molar-refractivity contribution >= 4 is 23.5 Å². The van der Waals surface area contributed by atoms with Crippen molar-refractivity contribution in [1.29, 1.82) is 0 Å². The largest absolute Gasteiger partial charge is 0.488 e. The van der Waals surface area contributed by atoms with Crippen LogP contribution >= 0.6 is 11.6 Å². The predicted molar refractivity (Wildman–Crippen MR) is 101 cm³/mol. The van der Waals surface area contributed by atoms with Crippen molar-refractivity contribution in [1.82, 2.24) is 0 Å². The third-order valence-electron chi connectivity index (χ3n) is 3.71. The lowest BCUT2D eigenvalue weighted by Gasteiger charge is -2.09. The molecule has 0 aliphatic rings. The van der Waals surface area contributed by atoms with Crippen LogP contribution in [0.25, 0.3) is 0 Å². The van der Waals surface area contributed by atoms with Gasteiger partial charge in [-0.1, -0.05) is 41.9 Å². The van der Waals surface area contributed by atoms with Crippen molar-refractivity contribution in [2.24, 2.45) is 4.99 Å². The fourth-order valence-corrected chi connectivity index (χ4v) is 2.49. The molecule has 126 valence electrons. The van der Waals surface area contributed by atoms with E-state index >= 15 is 0 Å². The Bertz CT molecular complexity index is 908. The average Bonchev–Trinajstić information content (AvgIpc) is 2.62. The number of nitrogens with zero attached hydrogens (tertiary/aromatic N) is 1. The molecule has 2 nitrogen and oxygen atoms in total. The van der Waals surface area contributed by atoms with Gasteiger partial charge in [-0.15, -0.1) is 0 Å². The van der Waals surface area contributed by atoms with Gasteiger partial charge in [0.2, 0.25) is 0 Å². The SMILES string of the molecule is Cc1ccc(N=Cc2ccccc2OCc2cccc(F)c2)cc1Cl. The molecule has 0 amide bonds. The van der Waals surface area contributed by atoms with Crippen LogP contribution in [0.3, 0.4) is 0 Å². The summed E-state index contributed by atoms with van der Waals surface area (Å²) in [5.41, 5.74) is 3.41. The Kier molecular flexibility index (Phi) is 5.46. The Balaban J connectivity index is 1.76. The molecule has 0 spiro atoms. The predicted octanol–water partition coefficient (Wildman–Crippen LogP) is 6.12. The lowest BCUT2D eigenvalue weighted by molar-refractivity contribution is 0.305. The normalized spacial score (nSPS) is 11.0. The molecule has 0 atom stereocenters. The average molecular weight is 354 g/mol. The van der Waals surface area contributed by atoms with Crippen molar-refractivity contribution in [3.63, 3.8) is 0 Å². The van der Waals surface area contributed by atoms with Crippen LogP contribution in [-0.2, 0) is 6.61 Å². The Hall–Kier alpha value is -2.65. The number of hydrogen-bond acceptors (Lipinski definition) is 2. The summed E-state index contributed by atoms with van der Waals surface area (Å²) >= 11 is 6.13. The van der Waals surface area contributed by atoms with Crippen LogP contribution < -0.4 is 4.74 Å². The van der Waals surface area contributed by atoms with E-state index in [2.05, 4.69) is 4.99 Å². The lowest BCUT2D eigenvalue weighted by atomic mass is 10.2. The molecule has 0 saturated heterocycles. The molecule has 0 unspecified atom stereocenters. The van der Waals surface area contributed by atoms with E-state index in [4.69, 9.17) is 16.3 Å². The number of benzene rings is 3. The smallest absolute Gasteiger partial charge is 0.128 e. The number of rotatable bonds is 5. The minimum absolute atomic E-state index is 0.271. The molecular weight excluding hydrogens is 337 g/mol. The maximum absolute atomic E-state index is 13.3. The van der Waals surface area contributed by atoms with E-state index < -0.39 is 0 Å². The van der Waals surface area contributed by atoms with Gasteiger partial charge >= 0.3 is 0 Å². The second kappa shape index (κ2) is 7.95. The zero-order chi connectivity index (χ0) is 17.6. The molecule has 0 bridgehead atoms. The van der Waals surface area contributed by atoms with Crippen molar-refractivity contribution < 1.29 is 9.13 Å². The van der Waals surface area contributed by atoms with E-state index in [-0.39, 0.29) is 5.82 Å². The first kappa shape index (κ1) is 17.2. The molecule has 0 aliphatic carbocycles. The van der Waals surface area contributed by atoms with Crippen molar-refractivity contribution in [2.75, 3.05) is 0 Å². The first-order valence-corrected chi connectivity index (χ1v) is 8.26. The highest BCUT2D eigenvalue weighted by Crippen LogP contribution is 2.23. The molecule has 0 radical (unpaired) electrons. The number of ether oxygens (including phenoxy) is 1. The van der Waals surface area contributed by atoms with Gasteiger partial charge in [0.1, 0.15) is 18.2 Å². The minimum Gasteiger partial charge on any atom is -0.488 e. The van der Waals surface area contributed by atoms with E-state index in [0.717, 1.165) is 22.4 Å². The molecule has 0 aromatic heterocycles. The summed E-state index contributed by atoms with van der Waals surface area (Å²) < 4.78 is 19.1. The summed E-state index contributed by atoms with van der Waals surface area (Å²) in [6.45, 7) is 2.24.